The molecule has 0 saturated carbocycles. The number of nitro groups is 1. The summed E-state index contributed by atoms with van der Waals surface area (Å²) in [5.74, 6) is 0. The number of hydrogen-bond acceptors (Lipinski definition) is 5. The summed E-state index contributed by atoms with van der Waals surface area (Å²) in [6.07, 6.45) is 0. The summed E-state index contributed by atoms with van der Waals surface area (Å²) in [6, 6.07) is 13.6. The Balaban J connectivity index is 2.26. The van der Waals surface area contributed by atoms with Crippen LogP contribution >= 0.6 is 0 Å². The van der Waals surface area contributed by atoms with E-state index in [9.17, 15) is 10.1 Å². The molecule has 106 valence electrons. The molecule has 0 aliphatic rings. The minimum atomic E-state index is -0.445. The molecule has 0 heterocycles. The van der Waals surface area contributed by atoms with Gasteiger partial charge in [0.05, 0.1) is 16.6 Å². The van der Waals surface area contributed by atoms with Gasteiger partial charge >= 0.3 is 0 Å². The van der Waals surface area contributed by atoms with Crippen LogP contribution in [0.2, 0.25) is 0 Å². The van der Waals surface area contributed by atoms with Gasteiger partial charge in [0.2, 0.25) is 0 Å². The Kier molecular flexibility index (Phi) is 4.05. The highest BCUT2D eigenvalue weighted by Gasteiger charge is 2.11. The molecule has 2 aromatic carbocycles. The summed E-state index contributed by atoms with van der Waals surface area (Å²) < 4.78 is 0. The van der Waals surface area contributed by atoms with Crippen molar-refractivity contribution in [1.82, 2.24) is 0 Å². The third-order valence-electron chi connectivity index (χ3n) is 3.16. The van der Waals surface area contributed by atoms with Gasteiger partial charge in [-0.15, -0.1) is 0 Å². The fourth-order valence-electron chi connectivity index (χ4n) is 2.00. The van der Waals surface area contributed by atoms with E-state index >= 15 is 0 Å². The molecule has 2 N–H and O–H groups in total. The van der Waals surface area contributed by atoms with Crippen LogP contribution in [0.15, 0.2) is 42.5 Å². The summed E-state index contributed by atoms with van der Waals surface area (Å²) >= 11 is 0. The van der Waals surface area contributed by atoms with Gasteiger partial charge in [-0.1, -0.05) is 6.07 Å². The molecule has 0 radical (unpaired) electrons. The SMILES string of the molecule is CN(Cc1cc([N+](=O)[O-])ccc1N)c1cccc(C#N)c1. The lowest BCUT2D eigenvalue weighted by atomic mass is 10.1. The fourth-order valence-corrected chi connectivity index (χ4v) is 2.00. The molecular weight excluding hydrogens is 268 g/mol. The van der Waals surface area contributed by atoms with Crippen LogP contribution in [0.5, 0.6) is 0 Å². The van der Waals surface area contributed by atoms with Crippen LogP contribution in [-0.2, 0) is 6.54 Å². The topological polar surface area (TPSA) is 96.2 Å². The molecule has 0 saturated heterocycles. The monoisotopic (exact) mass is 282 g/mol. The molecule has 21 heavy (non-hydrogen) atoms. The van der Waals surface area contributed by atoms with E-state index in [1.54, 1.807) is 18.2 Å². The number of benzene rings is 2. The number of nitro benzene ring substituents is 1. The predicted molar refractivity (Wildman–Crippen MR) is 80.8 cm³/mol. The lowest BCUT2D eigenvalue weighted by molar-refractivity contribution is -0.384. The number of hydrogen-bond donors (Lipinski definition) is 1. The Morgan fingerprint density at radius 2 is 2.10 bits per heavy atom. The maximum absolute atomic E-state index is 10.8. The number of non-ortho nitro benzene ring substituents is 1. The predicted octanol–water partition coefficient (Wildman–Crippen LogP) is 2.69. The van der Waals surface area contributed by atoms with E-state index in [4.69, 9.17) is 11.0 Å². The van der Waals surface area contributed by atoms with Crippen molar-refractivity contribution in [2.24, 2.45) is 0 Å². The van der Waals surface area contributed by atoms with E-state index in [0.717, 1.165) is 5.69 Å². The highest BCUT2D eigenvalue weighted by atomic mass is 16.6. The maximum Gasteiger partial charge on any atom is 0.269 e. The van der Waals surface area contributed by atoms with Crippen molar-refractivity contribution in [3.63, 3.8) is 0 Å². The number of nitrogens with two attached hydrogens (primary N) is 1. The van der Waals surface area contributed by atoms with Crippen molar-refractivity contribution in [2.75, 3.05) is 17.7 Å². The van der Waals surface area contributed by atoms with Gasteiger partial charge in [0.1, 0.15) is 0 Å². The molecule has 0 atom stereocenters. The van der Waals surface area contributed by atoms with Gasteiger partial charge in [0.25, 0.3) is 5.69 Å². The number of anilines is 2. The largest absolute Gasteiger partial charge is 0.398 e. The Hall–Kier alpha value is -3.07. The van der Waals surface area contributed by atoms with Crippen LogP contribution in [0.1, 0.15) is 11.1 Å². The van der Waals surface area contributed by atoms with Gasteiger partial charge in [-0.3, -0.25) is 10.1 Å². The zero-order valence-corrected chi connectivity index (χ0v) is 11.5. The molecule has 6 heteroatoms. The molecule has 2 rings (SSSR count). The molecule has 0 unspecified atom stereocenters. The van der Waals surface area contributed by atoms with E-state index in [2.05, 4.69) is 6.07 Å². The summed E-state index contributed by atoms with van der Waals surface area (Å²) in [5, 5.41) is 19.7. The molecule has 0 amide bonds. The lowest BCUT2D eigenvalue weighted by Gasteiger charge is -2.20. The molecule has 0 spiro atoms. The first kappa shape index (κ1) is 14.3. The van der Waals surface area contributed by atoms with Crippen molar-refractivity contribution in [1.29, 1.82) is 5.26 Å². The minimum Gasteiger partial charge on any atom is -0.398 e. The summed E-state index contributed by atoms with van der Waals surface area (Å²) in [6.45, 7) is 0.419. The van der Waals surface area contributed by atoms with Crippen LogP contribution in [0.4, 0.5) is 17.1 Å². The maximum atomic E-state index is 10.8. The van der Waals surface area contributed by atoms with Crippen LogP contribution in [0, 0.1) is 21.4 Å². The second-order valence-electron chi connectivity index (χ2n) is 4.66. The summed E-state index contributed by atoms with van der Waals surface area (Å²) in [5.41, 5.74) is 8.47. The zero-order chi connectivity index (χ0) is 15.4. The van der Waals surface area contributed by atoms with Crippen LogP contribution < -0.4 is 10.6 Å². The Bertz CT molecular complexity index is 722. The quantitative estimate of drug-likeness (QED) is 0.528. The van der Waals surface area contributed by atoms with Crippen molar-refractivity contribution in [2.45, 2.75) is 6.54 Å². The Morgan fingerprint density at radius 1 is 1.33 bits per heavy atom. The van der Waals surface area contributed by atoms with Crippen LogP contribution in [-0.4, -0.2) is 12.0 Å². The van der Waals surface area contributed by atoms with Crippen LogP contribution in [0.3, 0.4) is 0 Å². The van der Waals surface area contributed by atoms with Gasteiger partial charge in [-0.2, -0.15) is 5.26 Å². The van der Waals surface area contributed by atoms with E-state index < -0.39 is 4.92 Å². The third-order valence-corrected chi connectivity index (χ3v) is 3.16. The first-order valence-corrected chi connectivity index (χ1v) is 6.25. The fraction of sp³-hybridized carbons (Fsp3) is 0.133. The molecule has 0 aliphatic heterocycles. The molecule has 0 fully saturated rings. The van der Waals surface area contributed by atoms with Crippen molar-refractivity contribution in [3.05, 3.63) is 63.7 Å². The number of nitriles is 1. The van der Waals surface area contributed by atoms with Gasteiger partial charge in [0.15, 0.2) is 0 Å². The van der Waals surface area contributed by atoms with Gasteiger partial charge in [0, 0.05) is 42.7 Å². The summed E-state index contributed by atoms with van der Waals surface area (Å²) in [7, 11) is 1.84. The van der Waals surface area contributed by atoms with Crippen molar-refractivity contribution < 1.29 is 4.92 Å². The first-order valence-electron chi connectivity index (χ1n) is 6.25. The molecule has 2 aromatic rings. The molecule has 0 aromatic heterocycles. The smallest absolute Gasteiger partial charge is 0.269 e. The second kappa shape index (κ2) is 5.92. The molecule has 0 bridgehead atoms. The average Bonchev–Trinajstić information content (AvgIpc) is 2.49. The highest BCUT2D eigenvalue weighted by Crippen LogP contribution is 2.23. The number of rotatable bonds is 4. The summed E-state index contributed by atoms with van der Waals surface area (Å²) in [4.78, 5) is 12.3. The van der Waals surface area contributed by atoms with E-state index in [1.807, 2.05) is 18.0 Å². The van der Waals surface area contributed by atoms with E-state index in [-0.39, 0.29) is 5.69 Å². The van der Waals surface area contributed by atoms with Crippen molar-refractivity contribution >= 4 is 17.1 Å². The minimum absolute atomic E-state index is 0.0124. The first-order chi connectivity index (χ1) is 10.0. The molecule has 6 nitrogen and oxygen atoms in total. The van der Waals surface area contributed by atoms with Crippen molar-refractivity contribution in [3.8, 4) is 6.07 Å². The van der Waals surface area contributed by atoms with E-state index in [1.165, 1.54) is 18.2 Å². The van der Waals surface area contributed by atoms with Gasteiger partial charge in [-0.25, -0.2) is 0 Å². The zero-order valence-electron chi connectivity index (χ0n) is 11.5. The van der Waals surface area contributed by atoms with E-state index in [0.29, 0.717) is 23.4 Å². The second-order valence-corrected chi connectivity index (χ2v) is 4.66. The Labute approximate surface area is 122 Å². The molecule has 0 aliphatic carbocycles. The number of nitrogen functional groups attached to an aromatic ring is 1. The Morgan fingerprint density at radius 3 is 2.76 bits per heavy atom. The lowest BCUT2D eigenvalue weighted by Crippen LogP contribution is -2.17. The standard InChI is InChI=1S/C15H14N4O2/c1-18(13-4-2-3-11(7-13)9-16)10-12-8-14(19(20)21)5-6-15(12)17/h2-8H,10,17H2,1H3. The van der Waals surface area contributed by atoms with Gasteiger partial charge < -0.3 is 10.6 Å². The average molecular weight is 282 g/mol. The van der Waals surface area contributed by atoms with Gasteiger partial charge in [-0.05, 0) is 24.3 Å². The third kappa shape index (κ3) is 3.28. The molecular formula is C15H14N4O2. The van der Waals surface area contributed by atoms with Crippen LogP contribution in [0.25, 0.3) is 0 Å². The normalized spacial score (nSPS) is 9.90. The number of nitrogens with zero attached hydrogens (tertiary/aromatic N) is 3. The highest BCUT2D eigenvalue weighted by molar-refractivity contribution is 5.56.